The van der Waals surface area contributed by atoms with Gasteiger partial charge in [0.25, 0.3) is 17.4 Å². The van der Waals surface area contributed by atoms with Crippen LogP contribution in [0.3, 0.4) is 0 Å². The van der Waals surface area contributed by atoms with E-state index in [-0.39, 0.29) is 46.6 Å². The Morgan fingerprint density at radius 1 is 0.676 bits per heavy atom. The summed E-state index contributed by atoms with van der Waals surface area (Å²) in [5, 5.41) is 14.6. The fourth-order valence-corrected chi connectivity index (χ4v) is 12.1. The lowest BCUT2D eigenvalue weighted by atomic mass is 9.83. The van der Waals surface area contributed by atoms with Gasteiger partial charge < -0.3 is 30.2 Å². The van der Waals surface area contributed by atoms with Crippen LogP contribution in [0, 0.1) is 17.7 Å². The van der Waals surface area contributed by atoms with Gasteiger partial charge in [0.05, 0.1) is 29.7 Å². The number of aromatic amines is 1. The lowest BCUT2D eigenvalue weighted by molar-refractivity contribution is -0.137. The van der Waals surface area contributed by atoms with Crippen LogP contribution >= 0.6 is 0 Å². The Balaban J connectivity index is 0.654. The molecule has 3 aromatic carbocycles. The number of fused-ring (bicyclic) bond motifs is 1. The van der Waals surface area contributed by atoms with Crippen molar-refractivity contribution in [2.45, 2.75) is 95.1 Å². The molecular weight excluding hydrogens is 940 g/mol. The second-order valence-corrected chi connectivity index (χ2v) is 21.9. The molecule has 16 nitrogen and oxygen atoms in total. The van der Waals surface area contributed by atoms with Gasteiger partial charge in [-0.1, -0.05) is 55.7 Å². The highest BCUT2D eigenvalue weighted by atomic mass is 19.1. The normalized spacial score (nSPS) is 21.2. The lowest BCUT2D eigenvalue weighted by Gasteiger charge is -2.41. The maximum atomic E-state index is 15.1. The molecular formula is C57H73FN10O6. The van der Waals surface area contributed by atoms with Crippen molar-refractivity contribution in [3.05, 3.63) is 111 Å². The van der Waals surface area contributed by atoms with E-state index in [4.69, 9.17) is 0 Å². The fraction of sp³-hybridized carbons (Fsp3) is 0.561. The van der Waals surface area contributed by atoms with Gasteiger partial charge in [0.15, 0.2) is 0 Å². The third kappa shape index (κ3) is 12.5. The molecule has 0 bridgehead atoms. The number of likely N-dealkylation sites (tertiary alicyclic amines) is 2. The van der Waals surface area contributed by atoms with Crippen molar-refractivity contribution in [2.75, 3.05) is 98.2 Å². The first-order valence-electron chi connectivity index (χ1n) is 27.5. The van der Waals surface area contributed by atoms with Crippen LogP contribution in [0.25, 0.3) is 10.8 Å². The summed E-state index contributed by atoms with van der Waals surface area (Å²) in [6.45, 7) is 8.97. The molecule has 6 aliphatic rings. The number of rotatable bonds is 15. The third-order valence-corrected chi connectivity index (χ3v) is 16.8. The Kier molecular flexibility index (Phi) is 16.5. The summed E-state index contributed by atoms with van der Waals surface area (Å²) in [6.07, 6.45) is 11.6. The number of hydrogen-bond acceptors (Lipinski definition) is 10. The SMILES string of the molecule is O=C(N[C@@H](C(=O)N1CCN(CC2CCN(CC(=O)N3CCN(C(=O)c4cc(Cc5n[nH]c(=O)c6ccccc56)ccc4F)CC3)CC2)CC1)C1CCCCC1)c1cccc(C2CCCN(C(=O)CNC3CC3)C2)c1. The first-order chi connectivity index (χ1) is 36.0. The summed E-state index contributed by atoms with van der Waals surface area (Å²) < 4.78 is 15.1. The highest BCUT2D eigenvalue weighted by Crippen LogP contribution is 2.31. The summed E-state index contributed by atoms with van der Waals surface area (Å²) in [5.74, 6) is -0.239. The van der Waals surface area contributed by atoms with E-state index >= 15 is 4.39 Å². The Hall–Kier alpha value is -6.04. The van der Waals surface area contributed by atoms with Gasteiger partial charge in [0.2, 0.25) is 17.7 Å². The minimum absolute atomic E-state index is 0.0214. The molecule has 2 aliphatic carbocycles. The van der Waals surface area contributed by atoms with Gasteiger partial charge in [-0.05, 0) is 118 Å². The van der Waals surface area contributed by atoms with Crippen LogP contribution in [0.5, 0.6) is 0 Å². The summed E-state index contributed by atoms with van der Waals surface area (Å²) >= 11 is 0. The Morgan fingerprint density at radius 3 is 2.16 bits per heavy atom. The predicted molar refractivity (Wildman–Crippen MR) is 280 cm³/mol. The number of hydrogen-bond donors (Lipinski definition) is 3. The number of amides is 5. The second kappa shape index (κ2) is 23.7. The van der Waals surface area contributed by atoms with E-state index in [2.05, 4.69) is 36.7 Å². The molecule has 394 valence electrons. The minimum Gasteiger partial charge on any atom is -0.341 e. The molecule has 4 saturated heterocycles. The van der Waals surface area contributed by atoms with Crippen molar-refractivity contribution >= 4 is 40.3 Å². The van der Waals surface area contributed by atoms with Crippen LogP contribution in [-0.4, -0.2) is 179 Å². The summed E-state index contributed by atoms with van der Waals surface area (Å²) in [7, 11) is 0. The van der Waals surface area contributed by atoms with E-state index in [1.807, 2.05) is 45.0 Å². The number of carbonyl (C=O) groups is 5. The number of piperidine rings is 2. The monoisotopic (exact) mass is 1010 g/mol. The number of carbonyl (C=O) groups excluding carboxylic acids is 5. The van der Waals surface area contributed by atoms with Gasteiger partial charge in [0, 0.05) is 101 Å². The average Bonchev–Trinajstić information content (AvgIpc) is 4.28. The molecule has 1 aromatic heterocycles. The van der Waals surface area contributed by atoms with E-state index in [9.17, 15) is 28.8 Å². The highest BCUT2D eigenvalue weighted by molar-refractivity contribution is 5.98. The van der Waals surface area contributed by atoms with Crippen LogP contribution in [0.2, 0.25) is 0 Å². The maximum Gasteiger partial charge on any atom is 0.272 e. The molecule has 0 radical (unpaired) electrons. The summed E-state index contributed by atoms with van der Waals surface area (Å²) in [6, 6.07) is 19.4. The van der Waals surface area contributed by atoms with Gasteiger partial charge in [-0.2, -0.15) is 5.10 Å². The molecule has 74 heavy (non-hydrogen) atoms. The van der Waals surface area contributed by atoms with Crippen LogP contribution in [0.15, 0.2) is 71.5 Å². The number of aromatic nitrogens is 2. The Morgan fingerprint density at radius 2 is 1.41 bits per heavy atom. The van der Waals surface area contributed by atoms with Crippen LogP contribution in [0.1, 0.15) is 114 Å². The molecule has 2 saturated carbocycles. The first kappa shape index (κ1) is 51.4. The van der Waals surface area contributed by atoms with E-state index < -0.39 is 17.8 Å². The number of benzene rings is 3. The molecule has 1 unspecified atom stereocenters. The van der Waals surface area contributed by atoms with Crippen molar-refractivity contribution in [2.24, 2.45) is 11.8 Å². The predicted octanol–water partition coefficient (Wildman–Crippen LogP) is 4.63. The van der Waals surface area contributed by atoms with Gasteiger partial charge in [0.1, 0.15) is 11.9 Å². The molecule has 3 N–H and O–H groups in total. The van der Waals surface area contributed by atoms with Crippen molar-refractivity contribution in [1.29, 1.82) is 0 Å². The minimum atomic E-state index is -0.605. The van der Waals surface area contributed by atoms with Crippen LogP contribution in [-0.2, 0) is 20.8 Å². The zero-order valence-electron chi connectivity index (χ0n) is 42.8. The molecule has 10 rings (SSSR count). The van der Waals surface area contributed by atoms with Crippen LogP contribution in [0.4, 0.5) is 4.39 Å². The third-order valence-electron chi connectivity index (χ3n) is 16.8. The number of nitrogens with zero attached hydrogens (tertiary/aromatic N) is 7. The van der Waals surface area contributed by atoms with E-state index in [1.54, 1.807) is 29.2 Å². The standard InChI is InChI=1S/C57H73FN10O6/c58-49-18-15-40(33-50-46-13-4-5-14-47(46)55(72)62-61-50)32-48(49)56(73)66-30-28-65(29-31-66)52(70)38-63-22-19-39(20-23-63)36-64-24-26-67(27-25-64)57(74)53(41-8-2-1-3-9-41)60-54(71)43-11-6-10-42(34-43)44-12-7-21-68(37-44)51(69)35-59-45-16-17-45/h4-6,10-11,13-15,18,32,34,39,41,44-45,53,59H,1-3,7-9,12,16-17,19-31,33,35-38H2,(H,60,71)(H,62,72)/t44?,53-/m1/s1. The summed E-state index contributed by atoms with van der Waals surface area (Å²) in [4.78, 5) is 92.9. The molecule has 0 spiro atoms. The number of H-pyrrole nitrogens is 1. The highest BCUT2D eigenvalue weighted by Gasteiger charge is 2.37. The quantitative estimate of drug-likeness (QED) is 0.153. The van der Waals surface area contributed by atoms with Crippen LogP contribution < -0.4 is 16.2 Å². The van der Waals surface area contributed by atoms with Gasteiger partial charge in [-0.25, -0.2) is 9.49 Å². The van der Waals surface area contributed by atoms with E-state index in [0.29, 0.717) is 105 Å². The van der Waals surface area contributed by atoms with Crippen molar-refractivity contribution in [1.82, 2.24) is 50.2 Å². The average molecular weight is 1010 g/mol. The van der Waals surface area contributed by atoms with Crippen molar-refractivity contribution < 1.29 is 28.4 Å². The molecule has 5 amide bonds. The summed E-state index contributed by atoms with van der Waals surface area (Å²) in [5.41, 5.74) is 2.65. The van der Waals surface area contributed by atoms with Crippen molar-refractivity contribution in [3.63, 3.8) is 0 Å². The fourth-order valence-electron chi connectivity index (χ4n) is 12.1. The molecule has 4 aliphatic heterocycles. The van der Waals surface area contributed by atoms with Gasteiger partial charge in [-0.15, -0.1) is 0 Å². The molecule has 2 atom stereocenters. The van der Waals surface area contributed by atoms with Gasteiger partial charge >= 0.3 is 0 Å². The number of halogens is 1. The zero-order chi connectivity index (χ0) is 51.1. The largest absolute Gasteiger partial charge is 0.341 e. The number of piperazine rings is 2. The lowest BCUT2D eigenvalue weighted by Crippen LogP contribution is -2.57. The molecule has 5 heterocycles. The topological polar surface area (TPSA) is 175 Å². The Labute approximate surface area is 433 Å². The second-order valence-electron chi connectivity index (χ2n) is 21.9. The van der Waals surface area contributed by atoms with E-state index in [0.717, 1.165) is 115 Å². The molecule has 4 aromatic rings. The number of nitrogens with one attached hydrogen (secondary N) is 3. The Bertz CT molecular complexity index is 2720. The zero-order valence-corrected chi connectivity index (χ0v) is 42.8. The van der Waals surface area contributed by atoms with Crippen molar-refractivity contribution in [3.8, 4) is 0 Å². The smallest absolute Gasteiger partial charge is 0.272 e. The molecule has 17 heteroatoms. The van der Waals surface area contributed by atoms with E-state index in [1.165, 1.54) is 6.07 Å². The first-order valence-corrected chi connectivity index (χ1v) is 27.5. The van der Waals surface area contributed by atoms with Gasteiger partial charge in [-0.3, -0.25) is 38.6 Å². The maximum absolute atomic E-state index is 15.1. The molecule has 6 fully saturated rings.